The predicted molar refractivity (Wildman–Crippen MR) is 102 cm³/mol. The van der Waals surface area contributed by atoms with Crippen molar-refractivity contribution >= 4 is 27.3 Å². The Bertz CT molecular complexity index is 880. The van der Waals surface area contributed by atoms with Crippen LogP contribution in [0, 0.1) is 0 Å². The molecule has 1 unspecified atom stereocenters. The first kappa shape index (κ1) is 19.7. The van der Waals surface area contributed by atoms with Gasteiger partial charge in [0.25, 0.3) is 5.91 Å². The smallest absolute Gasteiger partial charge is 0.255 e. The number of hydrogen-bond acceptors (Lipinski definition) is 5. The van der Waals surface area contributed by atoms with Crippen LogP contribution in [0.15, 0.2) is 47.4 Å². The molecule has 0 heterocycles. The molecule has 7 nitrogen and oxygen atoms in total. The first-order valence-corrected chi connectivity index (χ1v) is 9.62. The van der Waals surface area contributed by atoms with E-state index < -0.39 is 10.0 Å². The van der Waals surface area contributed by atoms with E-state index in [0.29, 0.717) is 29.1 Å². The number of sulfonamides is 1. The zero-order valence-corrected chi connectivity index (χ0v) is 15.8. The lowest BCUT2D eigenvalue weighted by Crippen LogP contribution is -2.32. The molecule has 0 aliphatic carbocycles. The Labute approximate surface area is 153 Å². The third-order valence-electron chi connectivity index (χ3n) is 3.88. The molecule has 0 spiro atoms. The lowest BCUT2D eigenvalue weighted by Gasteiger charge is -2.12. The van der Waals surface area contributed by atoms with Gasteiger partial charge in [-0.15, -0.1) is 0 Å². The fraction of sp³-hybridized carbons (Fsp3) is 0.278. The van der Waals surface area contributed by atoms with Crippen molar-refractivity contribution < 1.29 is 17.9 Å². The van der Waals surface area contributed by atoms with Crippen molar-refractivity contribution in [2.45, 2.75) is 31.2 Å². The van der Waals surface area contributed by atoms with Crippen LogP contribution in [0.5, 0.6) is 5.75 Å². The molecule has 0 radical (unpaired) electrons. The number of amides is 1. The maximum absolute atomic E-state index is 12.3. The number of carbonyl (C=O) groups is 1. The van der Waals surface area contributed by atoms with Gasteiger partial charge in [0.05, 0.1) is 17.7 Å². The van der Waals surface area contributed by atoms with Crippen LogP contribution >= 0.6 is 0 Å². The lowest BCUT2D eigenvalue weighted by molar-refractivity contribution is 0.102. The number of rotatable bonds is 7. The van der Waals surface area contributed by atoms with Crippen molar-refractivity contribution in [3.05, 3.63) is 48.0 Å². The minimum Gasteiger partial charge on any atom is -0.495 e. The molecular formula is C18H23N3O4S. The number of anilines is 2. The van der Waals surface area contributed by atoms with Gasteiger partial charge in [0, 0.05) is 17.3 Å². The van der Waals surface area contributed by atoms with Gasteiger partial charge >= 0.3 is 0 Å². The predicted octanol–water partition coefficient (Wildman–Crippen LogP) is 2.61. The second-order valence-electron chi connectivity index (χ2n) is 5.87. The molecule has 1 amide bonds. The lowest BCUT2D eigenvalue weighted by atomic mass is 10.2. The maximum Gasteiger partial charge on any atom is 0.255 e. The van der Waals surface area contributed by atoms with Gasteiger partial charge < -0.3 is 15.8 Å². The molecule has 0 fully saturated rings. The molecule has 1 atom stereocenters. The van der Waals surface area contributed by atoms with Crippen LogP contribution in [-0.2, 0) is 10.0 Å². The van der Waals surface area contributed by atoms with Gasteiger partial charge in [0.2, 0.25) is 10.0 Å². The Morgan fingerprint density at radius 3 is 2.38 bits per heavy atom. The molecular weight excluding hydrogens is 354 g/mol. The molecule has 2 aromatic rings. The summed E-state index contributed by atoms with van der Waals surface area (Å²) in [5.41, 5.74) is 7.07. The Morgan fingerprint density at radius 1 is 1.19 bits per heavy atom. The van der Waals surface area contributed by atoms with E-state index in [2.05, 4.69) is 10.0 Å². The number of carbonyl (C=O) groups excluding carboxylic acids is 1. The summed E-state index contributed by atoms with van der Waals surface area (Å²) in [6, 6.07) is 10.5. The number of ether oxygens (including phenoxy) is 1. The second-order valence-corrected chi connectivity index (χ2v) is 7.58. The van der Waals surface area contributed by atoms with Crippen LogP contribution in [0.2, 0.25) is 0 Å². The number of hydrogen-bond donors (Lipinski definition) is 3. The average Bonchev–Trinajstić information content (AvgIpc) is 2.61. The zero-order chi connectivity index (χ0) is 19.3. The van der Waals surface area contributed by atoms with E-state index in [9.17, 15) is 13.2 Å². The van der Waals surface area contributed by atoms with Crippen LogP contribution in [0.4, 0.5) is 11.4 Å². The molecule has 0 saturated heterocycles. The third kappa shape index (κ3) is 4.74. The van der Waals surface area contributed by atoms with E-state index in [1.807, 2.05) is 6.92 Å². The van der Waals surface area contributed by atoms with E-state index in [4.69, 9.17) is 10.5 Å². The molecule has 2 rings (SSSR count). The summed E-state index contributed by atoms with van der Waals surface area (Å²) >= 11 is 0. The van der Waals surface area contributed by atoms with E-state index >= 15 is 0 Å². The maximum atomic E-state index is 12.3. The zero-order valence-electron chi connectivity index (χ0n) is 14.9. The van der Waals surface area contributed by atoms with Crippen LogP contribution in [0.3, 0.4) is 0 Å². The van der Waals surface area contributed by atoms with Crippen molar-refractivity contribution in [3.63, 3.8) is 0 Å². The summed E-state index contributed by atoms with van der Waals surface area (Å²) in [6.07, 6.45) is 0.685. The van der Waals surface area contributed by atoms with Gasteiger partial charge in [0.1, 0.15) is 5.75 Å². The van der Waals surface area contributed by atoms with E-state index in [1.165, 1.54) is 31.4 Å². The van der Waals surface area contributed by atoms with E-state index in [-0.39, 0.29) is 16.8 Å². The van der Waals surface area contributed by atoms with E-state index in [0.717, 1.165) is 0 Å². The van der Waals surface area contributed by atoms with Crippen molar-refractivity contribution in [1.82, 2.24) is 4.72 Å². The first-order chi connectivity index (χ1) is 12.3. The highest BCUT2D eigenvalue weighted by atomic mass is 32.2. The normalized spacial score (nSPS) is 12.4. The van der Waals surface area contributed by atoms with E-state index in [1.54, 1.807) is 25.1 Å². The minimum atomic E-state index is -3.60. The number of nitrogens with one attached hydrogen (secondary N) is 2. The quantitative estimate of drug-likeness (QED) is 0.642. The van der Waals surface area contributed by atoms with Crippen LogP contribution in [0.25, 0.3) is 0 Å². The molecule has 140 valence electrons. The van der Waals surface area contributed by atoms with Crippen molar-refractivity contribution in [3.8, 4) is 5.75 Å². The number of methoxy groups -OCH3 is 1. The summed E-state index contributed by atoms with van der Waals surface area (Å²) in [6.45, 7) is 3.69. The van der Waals surface area contributed by atoms with Gasteiger partial charge in [-0.1, -0.05) is 6.92 Å². The Balaban J connectivity index is 2.12. The van der Waals surface area contributed by atoms with Gasteiger partial charge in [-0.2, -0.15) is 0 Å². The molecule has 26 heavy (non-hydrogen) atoms. The monoisotopic (exact) mass is 377 g/mol. The van der Waals surface area contributed by atoms with Crippen molar-refractivity contribution in [1.29, 1.82) is 0 Å². The van der Waals surface area contributed by atoms with Crippen LogP contribution < -0.4 is 20.5 Å². The average molecular weight is 377 g/mol. The Morgan fingerprint density at radius 2 is 1.85 bits per heavy atom. The van der Waals surface area contributed by atoms with Gasteiger partial charge in [0.15, 0.2) is 0 Å². The van der Waals surface area contributed by atoms with Gasteiger partial charge in [-0.05, 0) is 55.8 Å². The first-order valence-electron chi connectivity index (χ1n) is 8.14. The minimum absolute atomic E-state index is 0.114. The summed E-state index contributed by atoms with van der Waals surface area (Å²) in [4.78, 5) is 12.4. The topological polar surface area (TPSA) is 111 Å². The highest BCUT2D eigenvalue weighted by Crippen LogP contribution is 2.25. The molecule has 0 saturated carbocycles. The van der Waals surface area contributed by atoms with Crippen molar-refractivity contribution in [2.24, 2.45) is 0 Å². The molecule has 0 aliphatic rings. The Hall–Kier alpha value is -2.58. The van der Waals surface area contributed by atoms with Crippen LogP contribution in [0.1, 0.15) is 30.6 Å². The van der Waals surface area contributed by atoms with Crippen LogP contribution in [-0.4, -0.2) is 27.5 Å². The number of nitrogen functional groups attached to an aromatic ring is 1. The molecule has 2 aromatic carbocycles. The summed E-state index contributed by atoms with van der Waals surface area (Å²) in [7, 11) is -2.09. The largest absolute Gasteiger partial charge is 0.495 e. The van der Waals surface area contributed by atoms with Gasteiger partial charge in [-0.3, -0.25) is 4.79 Å². The highest BCUT2D eigenvalue weighted by Gasteiger charge is 2.17. The Kier molecular flexibility index (Phi) is 6.23. The molecule has 4 N–H and O–H groups in total. The molecule has 0 aliphatic heterocycles. The molecule has 8 heteroatoms. The summed E-state index contributed by atoms with van der Waals surface area (Å²) < 4.78 is 32.1. The summed E-state index contributed by atoms with van der Waals surface area (Å²) in [5, 5.41) is 2.71. The third-order valence-corrected chi connectivity index (χ3v) is 5.49. The molecule has 0 bridgehead atoms. The summed E-state index contributed by atoms with van der Waals surface area (Å²) in [5.74, 6) is 0.153. The SMILES string of the molecule is CCC(C)NS(=O)(=O)c1ccc(C(=O)Nc2ccc(OC)c(N)c2)cc1. The second kappa shape index (κ2) is 8.20. The number of nitrogens with two attached hydrogens (primary N) is 1. The fourth-order valence-corrected chi connectivity index (χ4v) is 3.54. The van der Waals surface area contributed by atoms with Crippen molar-refractivity contribution in [2.75, 3.05) is 18.2 Å². The number of benzene rings is 2. The standard InChI is InChI=1S/C18H23N3O4S/c1-4-12(2)21-26(23,24)15-8-5-13(6-9-15)18(22)20-14-7-10-17(25-3)16(19)11-14/h5-12,21H,4,19H2,1-3H3,(H,20,22). The highest BCUT2D eigenvalue weighted by molar-refractivity contribution is 7.89. The van der Waals surface area contributed by atoms with Gasteiger partial charge in [-0.25, -0.2) is 13.1 Å². The fourth-order valence-electron chi connectivity index (χ4n) is 2.22. The molecule has 0 aromatic heterocycles.